The van der Waals surface area contributed by atoms with Gasteiger partial charge >= 0.3 is 0 Å². The SMILES string of the molecule is Cc1ccc([C@@H]2C(=C(O)c3ccc(S(=O)(=O)N(C)C)cc3)C(=O)C(=O)N2CCN2CCOCC2)cc1. The summed E-state index contributed by atoms with van der Waals surface area (Å²) in [6.07, 6.45) is 0. The minimum absolute atomic E-state index is 0.00551. The number of benzene rings is 2. The normalized spacial score (nSPS) is 20.9. The topological polar surface area (TPSA) is 107 Å². The zero-order valence-corrected chi connectivity index (χ0v) is 21.5. The van der Waals surface area contributed by atoms with E-state index in [1.807, 2.05) is 31.2 Å². The van der Waals surface area contributed by atoms with Crippen molar-refractivity contribution < 1.29 is 27.9 Å². The Labute approximate surface area is 211 Å². The number of nitrogens with zero attached hydrogens (tertiary/aromatic N) is 3. The zero-order chi connectivity index (χ0) is 26.0. The third kappa shape index (κ3) is 5.08. The maximum Gasteiger partial charge on any atom is 0.295 e. The molecule has 2 fully saturated rings. The second kappa shape index (κ2) is 10.5. The van der Waals surface area contributed by atoms with Crippen LogP contribution < -0.4 is 0 Å². The average Bonchev–Trinajstić information content (AvgIpc) is 3.13. The van der Waals surface area contributed by atoms with Crippen molar-refractivity contribution in [2.24, 2.45) is 0 Å². The van der Waals surface area contributed by atoms with Gasteiger partial charge in [-0.1, -0.05) is 29.8 Å². The van der Waals surface area contributed by atoms with Gasteiger partial charge < -0.3 is 14.7 Å². The van der Waals surface area contributed by atoms with Crippen LogP contribution in [0.2, 0.25) is 0 Å². The van der Waals surface area contributed by atoms with Crippen LogP contribution >= 0.6 is 0 Å². The van der Waals surface area contributed by atoms with E-state index in [-0.39, 0.29) is 21.8 Å². The predicted molar refractivity (Wildman–Crippen MR) is 135 cm³/mol. The number of carbonyl (C=O) groups is 2. The van der Waals surface area contributed by atoms with Crippen molar-refractivity contribution in [2.75, 3.05) is 53.5 Å². The van der Waals surface area contributed by atoms with Gasteiger partial charge in [0.05, 0.1) is 29.7 Å². The van der Waals surface area contributed by atoms with Crippen LogP contribution in [0.4, 0.5) is 0 Å². The Morgan fingerprint density at radius 3 is 2.19 bits per heavy atom. The summed E-state index contributed by atoms with van der Waals surface area (Å²) < 4.78 is 31.3. The number of ether oxygens (including phenoxy) is 1. The molecule has 2 aliphatic heterocycles. The van der Waals surface area contributed by atoms with Gasteiger partial charge in [0.15, 0.2) is 0 Å². The molecule has 4 rings (SSSR count). The van der Waals surface area contributed by atoms with Crippen molar-refractivity contribution in [2.45, 2.75) is 17.9 Å². The highest BCUT2D eigenvalue weighted by atomic mass is 32.2. The standard InChI is InChI=1S/C26H31N3O6S/c1-18-4-6-19(7-5-18)23-22(24(30)20-8-10-21(11-9-20)36(33,34)27(2)3)25(31)26(32)29(23)13-12-28-14-16-35-17-15-28/h4-11,23,30H,12-17H2,1-3H3/t23-/m1/s1. The molecule has 1 N–H and O–H groups in total. The second-order valence-electron chi connectivity index (χ2n) is 9.17. The number of likely N-dealkylation sites (tertiary alicyclic amines) is 1. The number of aryl methyl sites for hydroxylation is 1. The number of rotatable bonds is 7. The molecule has 0 spiro atoms. The van der Waals surface area contributed by atoms with Gasteiger partial charge in [-0.15, -0.1) is 0 Å². The van der Waals surface area contributed by atoms with Crippen LogP contribution in [0, 0.1) is 6.92 Å². The van der Waals surface area contributed by atoms with E-state index in [1.54, 1.807) is 0 Å². The number of carbonyl (C=O) groups excluding carboxylic acids is 2. The molecule has 0 aromatic heterocycles. The first-order valence-electron chi connectivity index (χ1n) is 11.8. The number of ketones is 1. The molecule has 2 aromatic carbocycles. The van der Waals surface area contributed by atoms with Crippen LogP contribution in [0.1, 0.15) is 22.7 Å². The Morgan fingerprint density at radius 1 is 1.00 bits per heavy atom. The first kappa shape index (κ1) is 26.0. The number of aliphatic hydroxyl groups excluding tert-OH is 1. The predicted octanol–water partition coefficient (Wildman–Crippen LogP) is 2.00. The molecular formula is C26H31N3O6S. The Bertz CT molecular complexity index is 1260. The van der Waals surface area contributed by atoms with Gasteiger partial charge in [0.2, 0.25) is 10.0 Å². The summed E-state index contributed by atoms with van der Waals surface area (Å²) in [7, 11) is -0.782. The van der Waals surface area contributed by atoms with E-state index in [2.05, 4.69) is 4.90 Å². The van der Waals surface area contributed by atoms with E-state index in [1.165, 1.54) is 43.3 Å². The summed E-state index contributed by atoms with van der Waals surface area (Å²) in [5, 5.41) is 11.2. The molecule has 2 heterocycles. The van der Waals surface area contributed by atoms with Gasteiger partial charge in [-0.3, -0.25) is 14.5 Å². The van der Waals surface area contributed by atoms with E-state index in [0.717, 1.165) is 28.5 Å². The van der Waals surface area contributed by atoms with E-state index in [4.69, 9.17) is 4.74 Å². The minimum atomic E-state index is -3.65. The molecule has 1 amide bonds. The molecule has 0 unspecified atom stereocenters. The van der Waals surface area contributed by atoms with E-state index < -0.39 is 27.8 Å². The highest BCUT2D eigenvalue weighted by molar-refractivity contribution is 7.89. The minimum Gasteiger partial charge on any atom is -0.507 e. The monoisotopic (exact) mass is 513 g/mol. The van der Waals surface area contributed by atoms with Gasteiger partial charge in [0, 0.05) is 45.8 Å². The van der Waals surface area contributed by atoms with Gasteiger partial charge in [-0.25, -0.2) is 12.7 Å². The number of hydrogen-bond acceptors (Lipinski definition) is 7. The second-order valence-corrected chi connectivity index (χ2v) is 11.3. The first-order valence-corrected chi connectivity index (χ1v) is 13.2. The summed E-state index contributed by atoms with van der Waals surface area (Å²) in [6, 6.07) is 12.4. The smallest absolute Gasteiger partial charge is 0.295 e. The lowest BCUT2D eigenvalue weighted by Crippen LogP contribution is -2.42. The Morgan fingerprint density at radius 2 is 1.61 bits per heavy atom. The number of Topliss-reactive ketones (excluding diaryl/α,β-unsaturated/α-hetero) is 1. The largest absolute Gasteiger partial charge is 0.507 e. The van der Waals surface area contributed by atoms with E-state index >= 15 is 0 Å². The maximum absolute atomic E-state index is 13.2. The summed E-state index contributed by atoms with van der Waals surface area (Å²) in [6.45, 7) is 5.60. The van der Waals surface area contributed by atoms with Crippen LogP contribution in [0.25, 0.3) is 5.76 Å². The number of aliphatic hydroxyl groups is 1. The molecule has 2 aliphatic rings. The fourth-order valence-corrected chi connectivity index (χ4v) is 5.33. The third-order valence-corrected chi connectivity index (χ3v) is 8.43. The van der Waals surface area contributed by atoms with Crippen molar-refractivity contribution in [1.82, 2.24) is 14.1 Å². The molecule has 0 radical (unpaired) electrons. The zero-order valence-electron chi connectivity index (χ0n) is 20.7. The van der Waals surface area contributed by atoms with Gasteiger partial charge in [0.25, 0.3) is 11.7 Å². The lowest BCUT2D eigenvalue weighted by Gasteiger charge is -2.31. The Kier molecular flexibility index (Phi) is 7.60. The van der Waals surface area contributed by atoms with Gasteiger partial charge in [-0.05, 0) is 36.8 Å². The van der Waals surface area contributed by atoms with Crippen molar-refractivity contribution >= 4 is 27.5 Å². The Hall–Kier alpha value is -3.05. The quantitative estimate of drug-likeness (QED) is 0.343. The van der Waals surface area contributed by atoms with E-state index in [0.29, 0.717) is 26.3 Å². The molecule has 2 aromatic rings. The molecule has 0 aliphatic carbocycles. The van der Waals surface area contributed by atoms with Crippen molar-refractivity contribution in [3.8, 4) is 0 Å². The van der Waals surface area contributed by atoms with Crippen LogP contribution in [0.5, 0.6) is 0 Å². The molecule has 2 saturated heterocycles. The van der Waals surface area contributed by atoms with Gasteiger partial charge in [-0.2, -0.15) is 0 Å². The van der Waals surface area contributed by atoms with Crippen LogP contribution in [-0.2, 0) is 24.3 Å². The van der Waals surface area contributed by atoms with Crippen LogP contribution in [0.3, 0.4) is 0 Å². The van der Waals surface area contributed by atoms with Gasteiger partial charge in [0.1, 0.15) is 5.76 Å². The maximum atomic E-state index is 13.2. The van der Waals surface area contributed by atoms with Crippen molar-refractivity contribution in [3.63, 3.8) is 0 Å². The molecule has 192 valence electrons. The molecule has 10 heteroatoms. The molecule has 0 bridgehead atoms. The molecule has 36 heavy (non-hydrogen) atoms. The molecule has 0 saturated carbocycles. The number of sulfonamides is 1. The Balaban J connectivity index is 1.72. The summed E-state index contributed by atoms with van der Waals surface area (Å²) in [5.41, 5.74) is 2.00. The van der Waals surface area contributed by atoms with E-state index in [9.17, 15) is 23.1 Å². The number of amides is 1. The van der Waals surface area contributed by atoms with Crippen molar-refractivity contribution in [1.29, 1.82) is 0 Å². The number of morpholine rings is 1. The highest BCUT2D eigenvalue weighted by Gasteiger charge is 2.46. The van der Waals surface area contributed by atoms with Crippen LogP contribution in [0.15, 0.2) is 59.0 Å². The van der Waals surface area contributed by atoms with Crippen molar-refractivity contribution in [3.05, 3.63) is 70.8 Å². The highest BCUT2D eigenvalue weighted by Crippen LogP contribution is 2.39. The molecule has 1 atom stereocenters. The summed E-state index contributed by atoms with van der Waals surface area (Å²) in [4.78, 5) is 30.1. The van der Waals surface area contributed by atoms with Crippen LogP contribution in [-0.4, -0.2) is 92.8 Å². The summed E-state index contributed by atoms with van der Waals surface area (Å²) >= 11 is 0. The third-order valence-electron chi connectivity index (χ3n) is 6.60. The number of hydrogen-bond donors (Lipinski definition) is 1. The first-order chi connectivity index (χ1) is 17.1. The lowest BCUT2D eigenvalue weighted by molar-refractivity contribution is -0.140. The summed E-state index contributed by atoms with van der Waals surface area (Å²) in [5.74, 6) is -1.76. The fourth-order valence-electron chi connectivity index (χ4n) is 4.43. The fraction of sp³-hybridized carbons (Fsp3) is 0.385. The lowest BCUT2D eigenvalue weighted by atomic mass is 9.95. The average molecular weight is 514 g/mol. The molecular weight excluding hydrogens is 482 g/mol. The molecule has 9 nitrogen and oxygen atoms in total.